The number of ether oxygens (including phenoxy) is 2. The molecule has 0 aliphatic carbocycles. The van der Waals surface area contributed by atoms with Crippen molar-refractivity contribution in [2.45, 2.75) is 56.5 Å². The summed E-state index contributed by atoms with van der Waals surface area (Å²) in [5.41, 5.74) is -1.26. The molecule has 11 nitrogen and oxygen atoms in total. The molecule has 41 heavy (non-hydrogen) atoms. The number of anilines is 1. The zero-order valence-electron chi connectivity index (χ0n) is 34.3. The second-order valence-corrected chi connectivity index (χ2v) is 11.4. The van der Waals surface area contributed by atoms with Crippen LogP contribution in [0.25, 0.3) is 0 Å². The van der Waals surface area contributed by atoms with E-state index in [0.717, 1.165) is 30.5 Å². The van der Waals surface area contributed by atoms with Gasteiger partial charge < -0.3 is 25.0 Å². The van der Waals surface area contributed by atoms with Gasteiger partial charge in [0.1, 0.15) is 0 Å². The van der Waals surface area contributed by atoms with Crippen molar-refractivity contribution in [1.82, 2.24) is 9.21 Å². The van der Waals surface area contributed by atoms with Crippen LogP contribution in [0.3, 0.4) is 0 Å². The molecule has 12 heteroatoms. The summed E-state index contributed by atoms with van der Waals surface area (Å²) < 4.78 is 145. The molecular weight excluding hydrogens is 550 g/mol. The van der Waals surface area contributed by atoms with E-state index in [9.17, 15) is 31.3 Å². The smallest absolute Gasteiger partial charge is 0.408 e. The zero-order valence-corrected chi connectivity index (χ0v) is 23.1. The molecular formula is C29H37N3O8S. The maximum Gasteiger partial charge on any atom is 0.408 e. The lowest BCUT2D eigenvalue weighted by Gasteiger charge is -2.39. The molecule has 2 aliphatic heterocycles. The molecule has 0 aromatic heterocycles. The van der Waals surface area contributed by atoms with Crippen LogP contribution in [0.5, 0.6) is 0 Å². The Hall–Kier alpha value is -3.45. The van der Waals surface area contributed by atoms with Crippen LogP contribution in [0.1, 0.15) is 41.4 Å². The topological polar surface area (TPSA) is 146 Å². The quantitative estimate of drug-likeness (QED) is 0.318. The summed E-state index contributed by atoms with van der Waals surface area (Å²) in [6, 6.07) is -7.61. The summed E-state index contributed by atoms with van der Waals surface area (Å²) in [4.78, 5) is 24.1. The number of carbonyl (C=O) groups is 2. The number of hydrogen-bond acceptors (Lipinski definition) is 7. The average Bonchev–Trinajstić information content (AvgIpc) is 3.69. The number of nitrogens with one attached hydrogen (secondary N) is 1. The van der Waals surface area contributed by atoms with E-state index in [-0.39, 0.29) is 14.9 Å². The molecule has 3 N–H and O–H groups in total. The molecule has 0 spiro atoms. The Morgan fingerprint density at radius 3 is 2.56 bits per heavy atom. The zero-order chi connectivity index (χ0) is 40.2. The number of fused-ring (bicyclic) bond motifs is 1. The van der Waals surface area contributed by atoms with Crippen LogP contribution < -0.4 is 5.32 Å². The number of carbonyl (C=O) groups excluding carboxylic acids is 1. The van der Waals surface area contributed by atoms with Gasteiger partial charge in [0.15, 0.2) is 0 Å². The highest BCUT2D eigenvalue weighted by molar-refractivity contribution is 7.89. The van der Waals surface area contributed by atoms with E-state index in [2.05, 4.69) is 10.4 Å². The number of carboxylic acid groups (broad SMARTS) is 1. The predicted octanol–water partition coefficient (Wildman–Crippen LogP) is 3.13. The normalized spacial score (nSPS) is 27.8. The van der Waals surface area contributed by atoms with Crippen molar-refractivity contribution >= 4 is 27.7 Å². The first-order valence-corrected chi connectivity index (χ1v) is 13.9. The summed E-state index contributed by atoms with van der Waals surface area (Å²) in [6.45, 7) is -1.53. The second kappa shape index (κ2) is 13.0. The molecule has 2 aromatic carbocycles. The van der Waals surface area contributed by atoms with Gasteiger partial charge in [-0.2, -0.15) is 4.31 Å². The number of amides is 2. The number of nitrogens with zero attached hydrogens (tertiary/aromatic N) is 2. The van der Waals surface area contributed by atoms with Crippen molar-refractivity contribution in [2.24, 2.45) is 11.8 Å². The first kappa shape index (κ1) is 18.2. The van der Waals surface area contributed by atoms with Gasteiger partial charge in [0.2, 0.25) is 23.7 Å². The Kier molecular flexibility index (Phi) is 5.77. The highest BCUT2D eigenvalue weighted by Crippen LogP contribution is 2.34. The van der Waals surface area contributed by atoms with Crippen molar-refractivity contribution < 1.29 is 52.8 Å². The maximum atomic E-state index is 14.3. The van der Waals surface area contributed by atoms with E-state index in [1.54, 1.807) is 0 Å². The standard InChI is InChI=1S/C29H37N3O8S/c1-19(2)16-31(41(37,38)23-11-9-22(10-12-23)30-20(3)33)17-27(34)25(15-21-7-5-4-6-8-21)32(29(35)36)26-18-40-28-24(26)13-14-39-28/h4-14,19,24-28,34H,15-18H2,1-3H3,(H,30,33)(H,35,36)/t24-,25-,26?,27+,28-/m0/s1/i4D,5D,6D,7D,8D,15D2,17D2,25D,27D,34D. The largest absolute Gasteiger partial charge is 0.472 e. The maximum absolute atomic E-state index is 14.3. The first-order chi connectivity index (χ1) is 24.3. The number of rotatable bonds is 13. The van der Waals surface area contributed by atoms with Gasteiger partial charge in [-0.1, -0.05) is 44.1 Å². The Morgan fingerprint density at radius 2 is 1.95 bits per heavy atom. The molecule has 2 heterocycles. The van der Waals surface area contributed by atoms with Crippen molar-refractivity contribution in [3.05, 3.63) is 72.4 Å². The molecule has 5 atom stereocenters. The highest BCUT2D eigenvalue weighted by atomic mass is 32.2. The molecule has 0 radical (unpaired) electrons. The molecule has 1 unspecified atom stereocenters. The van der Waals surface area contributed by atoms with E-state index in [0.29, 0.717) is 0 Å². The summed E-state index contributed by atoms with van der Waals surface area (Å²) in [5.74, 6) is -2.43. The lowest BCUT2D eigenvalue weighted by Crippen LogP contribution is -2.57. The van der Waals surface area contributed by atoms with Crippen LogP contribution in [-0.4, -0.2) is 85.3 Å². The fourth-order valence-corrected chi connectivity index (χ4v) is 5.64. The highest BCUT2D eigenvalue weighted by Gasteiger charge is 2.48. The second-order valence-electron chi connectivity index (χ2n) is 9.51. The minimum absolute atomic E-state index is 0.00744. The minimum Gasteiger partial charge on any atom is -0.472 e. The lowest BCUT2D eigenvalue weighted by atomic mass is 9.94. The molecule has 222 valence electrons. The average molecular weight is 600 g/mol. The minimum atomic E-state index is -5.20. The van der Waals surface area contributed by atoms with Crippen LogP contribution >= 0.6 is 0 Å². The lowest BCUT2D eigenvalue weighted by molar-refractivity contribution is -0.114. The van der Waals surface area contributed by atoms with E-state index in [1.807, 2.05) is 0 Å². The fraction of sp³-hybridized carbons (Fsp3) is 0.448. The molecule has 0 saturated carbocycles. The van der Waals surface area contributed by atoms with E-state index < -0.39 is 125 Å². The van der Waals surface area contributed by atoms with Crippen molar-refractivity contribution in [2.75, 3.05) is 25.0 Å². The number of sulfonamides is 1. The molecule has 4 rings (SSSR count). The van der Waals surface area contributed by atoms with Crippen LogP contribution in [0.2, 0.25) is 0 Å². The van der Waals surface area contributed by atoms with Crippen molar-refractivity contribution in [1.29, 1.82) is 1.43 Å². The number of hydrogen-bond donors (Lipinski definition) is 3. The third-order valence-corrected chi connectivity index (χ3v) is 7.65. The molecule has 2 aromatic rings. The Morgan fingerprint density at radius 1 is 1.24 bits per heavy atom. The fourth-order valence-electron chi connectivity index (χ4n) is 4.21. The summed E-state index contributed by atoms with van der Waals surface area (Å²) in [5, 5.41) is 17.8. The third kappa shape index (κ3) is 7.25. The third-order valence-electron chi connectivity index (χ3n) is 5.96. The van der Waals surface area contributed by atoms with Gasteiger partial charge in [0.25, 0.3) is 0 Å². The van der Waals surface area contributed by atoms with Crippen molar-refractivity contribution in [3.8, 4) is 0 Å². The van der Waals surface area contributed by atoms with Gasteiger partial charge in [-0.05, 0) is 48.2 Å². The molecule has 0 bridgehead atoms. The van der Waals surface area contributed by atoms with Crippen LogP contribution in [-0.2, 0) is 30.7 Å². The first-order valence-electron chi connectivity index (χ1n) is 18.3. The Labute approximate surface area is 257 Å². The SMILES string of the molecule is [2H]O[C@]([2H])(C([2H])([2H])N(CC(C)C)S(=O)(=O)c1ccc(NC(C)=O)cc1)[C@@]([2H])(N(C(=O)O)C1CO[C@@H]2OC=C[C@@H]12)C([2H])([2H])c1c([2H])c([2H])c([2H])c([2H])c1[2H]. The van der Waals surface area contributed by atoms with Crippen LogP contribution in [0.4, 0.5) is 10.5 Å². The number of aliphatic hydroxyl groups is 1. The van der Waals surface area contributed by atoms with Crippen LogP contribution in [0.15, 0.2) is 71.7 Å². The summed E-state index contributed by atoms with van der Waals surface area (Å²) in [6.07, 6.45) is -9.49. The summed E-state index contributed by atoms with van der Waals surface area (Å²) >= 11 is 0. The summed E-state index contributed by atoms with van der Waals surface area (Å²) in [7, 11) is -5.20. The van der Waals surface area contributed by atoms with Gasteiger partial charge in [0.05, 0.1) is 51.4 Å². The van der Waals surface area contributed by atoms with E-state index >= 15 is 0 Å². The van der Waals surface area contributed by atoms with Gasteiger partial charge in [0, 0.05) is 31.1 Å². The number of benzene rings is 2. The van der Waals surface area contributed by atoms with Crippen LogP contribution in [0, 0.1) is 11.8 Å². The van der Waals surface area contributed by atoms with Gasteiger partial charge in [-0.15, -0.1) is 0 Å². The molecule has 2 aliphatic rings. The monoisotopic (exact) mass is 599 g/mol. The Balaban J connectivity index is 2.11. The van der Waals surface area contributed by atoms with Gasteiger partial charge in [-0.25, -0.2) is 13.2 Å². The Bertz CT molecular complexity index is 1880. The van der Waals surface area contributed by atoms with Gasteiger partial charge in [-0.3, -0.25) is 9.69 Å². The van der Waals surface area contributed by atoms with E-state index in [4.69, 9.17) is 17.8 Å². The molecule has 2 amide bonds. The molecule has 1 fully saturated rings. The van der Waals surface area contributed by atoms with Crippen molar-refractivity contribution in [3.63, 3.8) is 0 Å². The van der Waals surface area contributed by atoms with E-state index in [1.165, 1.54) is 26.8 Å². The molecule has 1 saturated heterocycles. The van der Waals surface area contributed by atoms with Gasteiger partial charge >= 0.3 is 6.09 Å². The predicted molar refractivity (Wildman–Crippen MR) is 151 cm³/mol.